The van der Waals surface area contributed by atoms with Crippen LogP contribution in [0.3, 0.4) is 0 Å². The van der Waals surface area contributed by atoms with Crippen molar-refractivity contribution < 1.29 is 80.2 Å². The second-order valence-corrected chi connectivity index (χ2v) is 32.5. The number of hydrogen-bond donors (Lipinski definition) is 3. The van der Waals surface area contributed by atoms with Gasteiger partial charge in [0.15, 0.2) is 12.2 Å². The third-order valence-corrected chi connectivity index (χ3v) is 19.9. The number of phosphoric acid groups is 2. The SMILES string of the molecule is CCCCCC/C=C\C=C/CCCCCCCC(=O)OC[C@H](COP(=O)(O)OCC(O)COP(=O)(O)OC[C@@H](COC(=O)CCCCCCCCCC(C)C)OC(=O)CCCCCCCCCCCCCCCCC(C)C)OC(=O)CCCCCCCCCCCCCCCCC(C)C. The second kappa shape index (κ2) is 69.9. The monoisotopic (exact) mass is 1450 g/mol. The molecule has 0 aromatic heterocycles. The zero-order chi connectivity index (χ0) is 73.0. The Kier molecular flexibility index (Phi) is 68.1. The molecule has 0 heterocycles. The second-order valence-electron chi connectivity index (χ2n) is 29.5. The summed E-state index contributed by atoms with van der Waals surface area (Å²) < 4.78 is 68.6. The molecule has 3 N–H and O–H groups in total. The normalized spacial score (nSPS) is 14.2. The van der Waals surface area contributed by atoms with Gasteiger partial charge in [-0.3, -0.25) is 37.3 Å². The van der Waals surface area contributed by atoms with Crippen molar-refractivity contribution >= 4 is 39.5 Å². The number of allylic oxidation sites excluding steroid dienone is 4. The van der Waals surface area contributed by atoms with Gasteiger partial charge in [0.2, 0.25) is 0 Å². The Bertz CT molecular complexity index is 2020. The predicted octanol–water partition coefficient (Wildman–Crippen LogP) is 23.3. The van der Waals surface area contributed by atoms with Crippen molar-refractivity contribution in [1.29, 1.82) is 0 Å². The van der Waals surface area contributed by atoms with Gasteiger partial charge in [0, 0.05) is 25.7 Å². The molecule has 0 aromatic rings. The van der Waals surface area contributed by atoms with Crippen molar-refractivity contribution in [3.8, 4) is 0 Å². The summed E-state index contributed by atoms with van der Waals surface area (Å²) >= 11 is 0. The first-order valence-electron chi connectivity index (χ1n) is 40.7. The molecule has 99 heavy (non-hydrogen) atoms. The molecule has 0 radical (unpaired) electrons. The summed E-state index contributed by atoms with van der Waals surface area (Å²) in [7, 11) is -9.93. The Hall–Kier alpha value is -2.46. The van der Waals surface area contributed by atoms with Crippen molar-refractivity contribution in [2.75, 3.05) is 39.6 Å². The van der Waals surface area contributed by atoms with Crippen LogP contribution >= 0.6 is 15.6 Å². The number of ether oxygens (including phenoxy) is 4. The van der Waals surface area contributed by atoms with Gasteiger partial charge >= 0.3 is 39.5 Å². The number of phosphoric ester groups is 2. The van der Waals surface area contributed by atoms with Gasteiger partial charge in [-0.2, -0.15) is 0 Å². The zero-order valence-corrected chi connectivity index (χ0v) is 66.2. The number of carbonyl (C=O) groups excluding carboxylic acids is 4. The van der Waals surface area contributed by atoms with E-state index in [-0.39, 0.29) is 25.7 Å². The molecule has 5 atom stereocenters. The fraction of sp³-hybridized carbons (Fsp3) is 0.900. The molecule has 0 saturated heterocycles. The van der Waals surface area contributed by atoms with Crippen LogP contribution in [0.1, 0.15) is 389 Å². The summed E-state index contributed by atoms with van der Waals surface area (Å²) in [4.78, 5) is 73.0. The highest BCUT2D eigenvalue weighted by Gasteiger charge is 2.30. The fourth-order valence-corrected chi connectivity index (χ4v) is 13.3. The number of hydrogen-bond acceptors (Lipinski definition) is 15. The summed E-state index contributed by atoms with van der Waals surface area (Å²) in [5.41, 5.74) is 0. The standard InChI is InChI=1S/C80H152O17P2/c1-8-9-10-11-12-13-14-15-16-23-28-33-40-47-54-61-77(82)90-67-75(96-79(84)63-56-49-41-34-29-24-19-17-21-26-31-37-44-51-58-71(2)3)69-94-98(86,87)92-65-74(81)66-93-99(88,89)95-70-76(68-91-78(83)62-55-48-43-36-39-46-53-60-73(6)7)97-80(85)64-57-50-42-35-30-25-20-18-22-27-32-38-45-52-59-72(4)5/h13-16,71-76,81H,8-12,17-70H2,1-7H3,(H,86,87)(H,88,89)/b14-13-,16-15-/t74?,75-,76-/m1/s1. The molecule has 0 aliphatic heterocycles. The largest absolute Gasteiger partial charge is 0.472 e. The van der Waals surface area contributed by atoms with Gasteiger partial charge in [-0.25, -0.2) is 9.13 Å². The molecule has 0 aliphatic carbocycles. The lowest BCUT2D eigenvalue weighted by atomic mass is 10.0. The summed E-state index contributed by atoms with van der Waals surface area (Å²) in [6, 6.07) is 0. The highest BCUT2D eigenvalue weighted by molar-refractivity contribution is 7.47. The van der Waals surface area contributed by atoms with Gasteiger partial charge in [-0.05, 0) is 69.1 Å². The highest BCUT2D eigenvalue weighted by Crippen LogP contribution is 2.45. The van der Waals surface area contributed by atoms with Gasteiger partial charge in [0.1, 0.15) is 19.3 Å². The summed E-state index contributed by atoms with van der Waals surface area (Å²) in [5.74, 6) is 0.147. The van der Waals surface area contributed by atoms with Crippen LogP contribution in [0.25, 0.3) is 0 Å². The summed E-state index contributed by atoms with van der Waals surface area (Å²) in [6.07, 6.45) is 60.5. The van der Waals surface area contributed by atoms with Crippen molar-refractivity contribution in [3.63, 3.8) is 0 Å². The Morgan fingerprint density at radius 1 is 0.313 bits per heavy atom. The first-order valence-corrected chi connectivity index (χ1v) is 43.7. The number of esters is 4. The molecular weight excluding hydrogens is 1290 g/mol. The van der Waals surface area contributed by atoms with E-state index in [0.29, 0.717) is 31.6 Å². The van der Waals surface area contributed by atoms with Crippen LogP contribution in [0.2, 0.25) is 0 Å². The summed E-state index contributed by atoms with van der Waals surface area (Å²) in [5, 5.41) is 10.6. The minimum Gasteiger partial charge on any atom is -0.462 e. The van der Waals surface area contributed by atoms with Crippen LogP contribution < -0.4 is 0 Å². The molecule has 17 nitrogen and oxygen atoms in total. The van der Waals surface area contributed by atoms with Gasteiger partial charge in [0.05, 0.1) is 26.4 Å². The number of carbonyl (C=O) groups is 4. The van der Waals surface area contributed by atoms with Crippen molar-refractivity contribution in [1.82, 2.24) is 0 Å². The van der Waals surface area contributed by atoms with E-state index in [1.165, 1.54) is 173 Å². The van der Waals surface area contributed by atoms with Crippen LogP contribution in [0.5, 0.6) is 0 Å². The van der Waals surface area contributed by atoms with E-state index in [4.69, 9.17) is 37.0 Å². The molecule has 3 unspecified atom stereocenters. The van der Waals surface area contributed by atoms with Crippen molar-refractivity contribution in [2.24, 2.45) is 17.8 Å². The predicted molar refractivity (Wildman–Crippen MR) is 404 cm³/mol. The topological polar surface area (TPSA) is 237 Å². The van der Waals surface area contributed by atoms with E-state index in [9.17, 15) is 43.2 Å². The third kappa shape index (κ3) is 73.6. The van der Waals surface area contributed by atoms with E-state index in [1.807, 2.05) is 0 Å². The average molecular weight is 1450 g/mol. The van der Waals surface area contributed by atoms with Crippen LogP contribution in [-0.4, -0.2) is 96.7 Å². The average Bonchev–Trinajstić information content (AvgIpc) is 1.01. The summed E-state index contributed by atoms with van der Waals surface area (Å²) in [6.45, 7) is 11.8. The minimum atomic E-state index is -4.97. The van der Waals surface area contributed by atoms with Crippen molar-refractivity contribution in [3.05, 3.63) is 24.3 Å². The lowest BCUT2D eigenvalue weighted by Gasteiger charge is -2.21. The smallest absolute Gasteiger partial charge is 0.462 e. The Morgan fingerprint density at radius 3 is 0.818 bits per heavy atom. The number of aliphatic hydroxyl groups is 1. The lowest BCUT2D eigenvalue weighted by molar-refractivity contribution is -0.161. The Balaban J connectivity index is 5.28. The molecule has 0 aliphatic rings. The Morgan fingerprint density at radius 2 is 0.545 bits per heavy atom. The van der Waals surface area contributed by atoms with E-state index in [2.05, 4.69) is 72.8 Å². The molecule has 0 rings (SSSR count). The van der Waals surface area contributed by atoms with Crippen molar-refractivity contribution in [2.45, 2.75) is 407 Å². The molecule has 0 fully saturated rings. The zero-order valence-electron chi connectivity index (χ0n) is 64.4. The van der Waals surface area contributed by atoms with E-state index < -0.39 is 97.5 Å². The van der Waals surface area contributed by atoms with E-state index >= 15 is 0 Å². The van der Waals surface area contributed by atoms with Gasteiger partial charge in [-0.1, -0.05) is 336 Å². The van der Waals surface area contributed by atoms with Crippen LogP contribution in [-0.2, 0) is 65.4 Å². The highest BCUT2D eigenvalue weighted by atomic mass is 31.2. The first kappa shape index (κ1) is 96.5. The third-order valence-electron chi connectivity index (χ3n) is 18.0. The molecule has 0 spiro atoms. The quantitative estimate of drug-likeness (QED) is 0.0169. The molecule has 0 aromatic carbocycles. The fourth-order valence-electron chi connectivity index (χ4n) is 11.8. The molecule has 0 bridgehead atoms. The minimum absolute atomic E-state index is 0.100. The van der Waals surface area contributed by atoms with Crippen LogP contribution in [0.4, 0.5) is 0 Å². The number of unbranched alkanes of at least 4 members (excludes halogenated alkanes) is 41. The maximum Gasteiger partial charge on any atom is 0.472 e. The molecule has 19 heteroatoms. The Labute approximate surface area is 605 Å². The molecule has 0 saturated carbocycles. The molecular formula is C80H152O17P2. The maximum atomic E-state index is 13.1. The van der Waals surface area contributed by atoms with E-state index in [0.717, 1.165) is 127 Å². The van der Waals surface area contributed by atoms with Gasteiger partial charge in [0.25, 0.3) is 0 Å². The van der Waals surface area contributed by atoms with Crippen LogP contribution in [0, 0.1) is 17.8 Å². The molecule has 0 amide bonds. The lowest BCUT2D eigenvalue weighted by Crippen LogP contribution is -2.30. The van der Waals surface area contributed by atoms with E-state index in [1.54, 1.807) is 0 Å². The molecule has 584 valence electrons. The first-order chi connectivity index (χ1) is 47.7. The van der Waals surface area contributed by atoms with Gasteiger partial charge in [-0.15, -0.1) is 0 Å². The number of rotatable bonds is 76. The number of aliphatic hydroxyl groups excluding tert-OH is 1. The maximum absolute atomic E-state index is 13.1. The van der Waals surface area contributed by atoms with Gasteiger partial charge < -0.3 is 33.8 Å². The van der Waals surface area contributed by atoms with Crippen LogP contribution in [0.15, 0.2) is 24.3 Å².